The van der Waals surface area contributed by atoms with Gasteiger partial charge < -0.3 is 10.4 Å². The second-order valence-electron chi connectivity index (χ2n) is 4.61. The summed E-state index contributed by atoms with van der Waals surface area (Å²) in [4.78, 5) is 14.1. The molecule has 1 amide bonds. The highest BCUT2D eigenvalue weighted by atomic mass is 79.9. The lowest BCUT2D eigenvalue weighted by Gasteiger charge is -2.06. The Kier molecular flexibility index (Phi) is 5.81. The lowest BCUT2D eigenvalue weighted by atomic mass is 10.2. The van der Waals surface area contributed by atoms with E-state index in [1.807, 2.05) is 12.1 Å². The monoisotopic (exact) mass is 387 g/mol. The number of nitrogens with one attached hydrogen (secondary N) is 1. The van der Waals surface area contributed by atoms with Crippen LogP contribution in [0.5, 0.6) is 0 Å². The predicted molar refractivity (Wildman–Crippen MR) is 90.1 cm³/mol. The summed E-state index contributed by atoms with van der Waals surface area (Å²) in [5.41, 5.74) is 0.460. The molecule has 2 aromatic rings. The molecule has 0 aliphatic carbocycles. The summed E-state index contributed by atoms with van der Waals surface area (Å²) in [5.74, 6) is -0.186. The minimum Gasteiger partial charge on any atom is -0.388 e. The van der Waals surface area contributed by atoms with Crippen LogP contribution in [0, 0.1) is 0 Å². The van der Waals surface area contributed by atoms with Gasteiger partial charge in [-0.1, -0.05) is 27.5 Å². The van der Waals surface area contributed by atoms with Crippen molar-refractivity contribution in [1.82, 2.24) is 5.32 Å². The molecule has 0 aliphatic heterocycles. The predicted octanol–water partition coefficient (Wildman–Crippen LogP) is 4.19. The maximum Gasteiger partial charge on any atom is 0.252 e. The van der Waals surface area contributed by atoms with Crippen molar-refractivity contribution in [2.45, 2.75) is 19.4 Å². The molecular formula is C15H15BrClNO2S. The smallest absolute Gasteiger partial charge is 0.252 e. The van der Waals surface area contributed by atoms with E-state index >= 15 is 0 Å². The van der Waals surface area contributed by atoms with Gasteiger partial charge in [-0.2, -0.15) is 0 Å². The molecule has 1 aromatic carbocycles. The zero-order valence-corrected chi connectivity index (χ0v) is 14.6. The molecule has 112 valence electrons. The second-order valence-corrected chi connectivity index (χ2v) is 7.13. The maximum absolute atomic E-state index is 12.1. The molecule has 21 heavy (non-hydrogen) atoms. The number of carbonyl (C=O) groups excluding carboxylic acids is 1. The molecule has 1 heterocycles. The molecule has 3 nitrogen and oxygen atoms in total. The number of hydrogen-bond acceptors (Lipinski definition) is 3. The average molecular weight is 389 g/mol. The molecule has 0 radical (unpaired) electrons. The highest BCUT2D eigenvalue weighted by Gasteiger charge is 2.11. The number of aliphatic hydroxyl groups excluding tert-OH is 1. The fourth-order valence-corrected chi connectivity index (χ4v) is 3.33. The van der Waals surface area contributed by atoms with Gasteiger partial charge in [-0.05, 0) is 43.7 Å². The van der Waals surface area contributed by atoms with Crippen molar-refractivity contribution in [1.29, 1.82) is 0 Å². The number of hydrogen-bond donors (Lipinski definition) is 2. The molecule has 2 rings (SSSR count). The van der Waals surface area contributed by atoms with Gasteiger partial charge in [0, 0.05) is 20.8 Å². The largest absolute Gasteiger partial charge is 0.388 e. The van der Waals surface area contributed by atoms with Crippen LogP contribution in [-0.2, 0) is 6.42 Å². The van der Waals surface area contributed by atoms with Crippen LogP contribution in [0.1, 0.15) is 33.1 Å². The van der Waals surface area contributed by atoms with Crippen molar-refractivity contribution < 1.29 is 9.90 Å². The fourth-order valence-electron chi connectivity index (χ4n) is 1.82. The first-order chi connectivity index (χ1) is 9.97. The van der Waals surface area contributed by atoms with Crippen LogP contribution in [0.25, 0.3) is 0 Å². The van der Waals surface area contributed by atoms with E-state index in [-0.39, 0.29) is 5.91 Å². The third-order valence-electron chi connectivity index (χ3n) is 2.92. The highest BCUT2D eigenvalue weighted by Crippen LogP contribution is 2.23. The lowest BCUT2D eigenvalue weighted by molar-refractivity contribution is 0.0954. The zero-order chi connectivity index (χ0) is 15.4. The van der Waals surface area contributed by atoms with Crippen LogP contribution in [0.3, 0.4) is 0 Å². The summed E-state index contributed by atoms with van der Waals surface area (Å²) >= 11 is 10.9. The SMILES string of the molecule is CC(O)c1ccc(CCNC(=O)c2cc(Br)ccc2Cl)s1. The average Bonchev–Trinajstić information content (AvgIpc) is 2.90. The first kappa shape index (κ1) is 16.5. The molecular weight excluding hydrogens is 374 g/mol. The Bertz CT molecular complexity index is 642. The maximum atomic E-state index is 12.1. The molecule has 1 unspecified atom stereocenters. The molecule has 0 aliphatic rings. The van der Waals surface area contributed by atoms with Crippen molar-refractivity contribution in [2.24, 2.45) is 0 Å². The highest BCUT2D eigenvalue weighted by molar-refractivity contribution is 9.10. The molecule has 1 aromatic heterocycles. The first-order valence-electron chi connectivity index (χ1n) is 6.47. The molecule has 0 spiro atoms. The van der Waals surface area contributed by atoms with Crippen molar-refractivity contribution >= 4 is 44.8 Å². The third-order valence-corrected chi connectivity index (χ3v) is 5.06. The van der Waals surface area contributed by atoms with Crippen molar-refractivity contribution in [3.05, 3.63) is 55.1 Å². The van der Waals surface area contributed by atoms with Crippen molar-refractivity contribution in [2.75, 3.05) is 6.54 Å². The van der Waals surface area contributed by atoms with Gasteiger partial charge in [-0.25, -0.2) is 0 Å². The topological polar surface area (TPSA) is 49.3 Å². The quantitative estimate of drug-likeness (QED) is 0.807. The first-order valence-corrected chi connectivity index (χ1v) is 8.46. The number of halogens is 2. The van der Waals surface area contributed by atoms with Gasteiger partial charge in [0.15, 0.2) is 0 Å². The molecule has 2 N–H and O–H groups in total. The number of amides is 1. The van der Waals surface area contributed by atoms with E-state index in [2.05, 4.69) is 21.2 Å². The van der Waals surface area contributed by atoms with Crippen LogP contribution in [0.15, 0.2) is 34.8 Å². The summed E-state index contributed by atoms with van der Waals surface area (Å²) in [5, 5.41) is 12.8. The molecule has 6 heteroatoms. The Morgan fingerprint density at radius 1 is 1.43 bits per heavy atom. The van der Waals surface area contributed by atoms with Crippen LogP contribution < -0.4 is 5.32 Å². The van der Waals surface area contributed by atoms with E-state index in [0.29, 0.717) is 17.1 Å². The Morgan fingerprint density at radius 3 is 2.86 bits per heavy atom. The number of aliphatic hydroxyl groups is 1. The van der Waals surface area contributed by atoms with Gasteiger partial charge in [-0.3, -0.25) is 4.79 Å². The molecule has 0 fully saturated rings. The van der Waals surface area contributed by atoms with Gasteiger partial charge in [0.05, 0.1) is 16.7 Å². The second kappa shape index (κ2) is 7.40. The summed E-state index contributed by atoms with van der Waals surface area (Å²) in [7, 11) is 0. The van der Waals surface area contributed by atoms with E-state index in [4.69, 9.17) is 11.6 Å². The summed E-state index contributed by atoms with van der Waals surface area (Å²) < 4.78 is 0.817. The van der Waals surface area contributed by atoms with Gasteiger partial charge in [0.25, 0.3) is 5.91 Å². The van der Waals surface area contributed by atoms with Crippen LogP contribution in [-0.4, -0.2) is 17.6 Å². The van der Waals surface area contributed by atoms with Gasteiger partial charge in [-0.15, -0.1) is 11.3 Å². The Morgan fingerprint density at radius 2 is 2.19 bits per heavy atom. The summed E-state index contributed by atoms with van der Waals surface area (Å²) in [6.45, 7) is 2.27. The van der Waals surface area contributed by atoms with E-state index in [1.54, 1.807) is 36.5 Å². The summed E-state index contributed by atoms with van der Waals surface area (Å²) in [6, 6.07) is 9.08. The normalized spacial score (nSPS) is 12.2. The molecule has 0 saturated carbocycles. The number of benzene rings is 1. The van der Waals surface area contributed by atoms with Crippen molar-refractivity contribution in [3.8, 4) is 0 Å². The van der Waals surface area contributed by atoms with Gasteiger partial charge >= 0.3 is 0 Å². The Balaban J connectivity index is 1.90. The molecule has 0 saturated heterocycles. The standard InChI is InChI=1S/C15H15BrClNO2S/c1-9(19)14-5-3-11(21-14)6-7-18-15(20)12-8-10(16)2-4-13(12)17/h2-5,8-9,19H,6-7H2,1H3,(H,18,20). The van der Waals surface area contributed by atoms with E-state index in [0.717, 1.165) is 20.6 Å². The number of carbonyl (C=O) groups is 1. The van der Waals surface area contributed by atoms with E-state index in [1.165, 1.54) is 0 Å². The Labute approximate surface area is 141 Å². The van der Waals surface area contributed by atoms with Gasteiger partial charge in [0.2, 0.25) is 0 Å². The van der Waals surface area contributed by atoms with Crippen LogP contribution in [0.2, 0.25) is 5.02 Å². The number of thiophene rings is 1. The van der Waals surface area contributed by atoms with E-state index in [9.17, 15) is 9.90 Å². The molecule has 1 atom stereocenters. The van der Waals surface area contributed by atoms with Crippen LogP contribution >= 0.6 is 38.9 Å². The lowest BCUT2D eigenvalue weighted by Crippen LogP contribution is -2.25. The van der Waals surface area contributed by atoms with E-state index < -0.39 is 6.10 Å². The third kappa shape index (κ3) is 4.54. The minimum atomic E-state index is -0.446. The zero-order valence-electron chi connectivity index (χ0n) is 11.4. The number of rotatable bonds is 5. The fraction of sp³-hybridized carbons (Fsp3) is 0.267. The van der Waals surface area contributed by atoms with Gasteiger partial charge in [0.1, 0.15) is 0 Å². The minimum absolute atomic E-state index is 0.186. The molecule has 0 bridgehead atoms. The Hall–Kier alpha value is -0.880. The van der Waals surface area contributed by atoms with Crippen molar-refractivity contribution in [3.63, 3.8) is 0 Å². The summed E-state index contributed by atoms with van der Waals surface area (Å²) in [6.07, 6.45) is 0.285. The van der Waals surface area contributed by atoms with Crippen LogP contribution in [0.4, 0.5) is 0 Å².